The maximum atomic E-state index is 13.3. The van der Waals surface area contributed by atoms with Gasteiger partial charge in [0.1, 0.15) is 16.5 Å². The number of H-pyrrole nitrogens is 1. The standard InChI is InChI=1S/C22H23FN6O3S/c1-4-5-10-28-18(24)17(19(30)25-22(28)32)27(3)20(31)16-11-15-12(2)26-29(21(15)33-16)14-8-6-13(23)7-9-14/h6-9,11H,4-5,10,24H2,1-3H3,(H,25,30,32). The maximum absolute atomic E-state index is 13.3. The largest absolute Gasteiger partial charge is 0.383 e. The number of anilines is 2. The van der Waals surface area contributed by atoms with Crippen LogP contribution in [0.2, 0.25) is 0 Å². The van der Waals surface area contributed by atoms with Crippen LogP contribution in [0.5, 0.6) is 0 Å². The van der Waals surface area contributed by atoms with Crippen molar-refractivity contribution < 1.29 is 9.18 Å². The van der Waals surface area contributed by atoms with Gasteiger partial charge < -0.3 is 10.6 Å². The zero-order chi connectivity index (χ0) is 23.9. The van der Waals surface area contributed by atoms with Gasteiger partial charge in [-0.1, -0.05) is 13.3 Å². The Hall–Kier alpha value is -3.73. The Morgan fingerprint density at radius 1 is 1.27 bits per heavy atom. The van der Waals surface area contributed by atoms with Crippen LogP contribution in [-0.4, -0.2) is 32.3 Å². The van der Waals surface area contributed by atoms with E-state index in [-0.39, 0.29) is 17.3 Å². The first-order chi connectivity index (χ1) is 15.7. The number of halogens is 1. The second kappa shape index (κ2) is 8.66. The number of nitrogens with one attached hydrogen (secondary N) is 1. The minimum atomic E-state index is -0.726. The Morgan fingerprint density at radius 2 is 1.97 bits per heavy atom. The second-order valence-corrected chi connectivity index (χ2v) is 8.70. The summed E-state index contributed by atoms with van der Waals surface area (Å²) in [5, 5.41) is 5.27. The molecule has 4 rings (SSSR count). The van der Waals surface area contributed by atoms with Gasteiger partial charge in [-0.15, -0.1) is 11.3 Å². The highest BCUT2D eigenvalue weighted by molar-refractivity contribution is 7.20. The Labute approximate surface area is 191 Å². The molecule has 0 aliphatic heterocycles. The molecule has 0 radical (unpaired) electrons. The fourth-order valence-electron chi connectivity index (χ4n) is 3.62. The lowest BCUT2D eigenvalue weighted by molar-refractivity contribution is 0.0996. The molecule has 0 bridgehead atoms. The Morgan fingerprint density at radius 3 is 2.64 bits per heavy atom. The van der Waals surface area contributed by atoms with Crippen LogP contribution in [0.15, 0.2) is 39.9 Å². The number of aryl methyl sites for hydroxylation is 1. The van der Waals surface area contributed by atoms with E-state index in [4.69, 9.17) is 5.73 Å². The van der Waals surface area contributed by atoms with Crippen molar-refractivity contribution in [3.05, 3.63) is 67.6 Å². The third-order valence-electron chi connectivity index (χ3n) is 5.42. The average molecular weight is 471 g/mol. The van der Waals surface area contributed by atoms with Crippen LogP contribution in [0.4, 0.5) is 15.9 Å². The van der Waals surface area contributed by atoms with Gasteiger partial charge in [0.2, 0.25) is 0 Å². The molecule has 3 heterocycles. The smallest absolute Gasteiger partial charge is 0.330 e. The highest BCUT2D eigenvalue weighted by Crippen LogP contribution is 2.32. The van der Waals surface area contributed by atoms with E-state index in [0.29, 0.717) is 34.1 Å². The molecule has 0 atom stereocenters. The third kappa shape index (κ3) is 3.95. The van der Waals surface area contributed by atoms with Crippen molar-refractivity contribution in [3.63, 3.8) is 0 Å². The van der Waals surface area contributed by atoms with E-state index >= 15 is 0 Å². The molecule has 0 aliphatic carbocycles. The number of aromatic nitrogens is 4. The fraction of sp³-hybridized carbons (Fsp3) is 0.273. The van der Waals surface area contributed by atoms with Gasteiger partial charge in [-0.25, -0.2) is 13.9 Å². The van der Waals surface area contributed by atoms with Crippen LogP contribution in [-0.2, 0) is 6.54 Å². The van der Waals surface area contributed by atoms with Crippen LogP contribution in [0.1, 0.15) is 35.1 Å². The molecule has 0 spiro atoms. The summed E-state index contributed by atoms with van der Waals surface area (Å²) >= 11 is 1.20. The zero-order valence-electron chi connectivity index (χ0n) is 18.4. The summed E-state index contributed by atoms with van der Waals surface area (Å²) < 4.78 is 16.3. The summed E-state index contributed by atoms with van der Waals surface area (Å²) in [7, 11) is 1.45. The lowest BCUT2D eigenvalue weighted by atomic mass is 10.2. The van der Waals surface area contributed by atoms with E-state index in [1.165, 1.54) is 35.1 Å². The molecule has 9 nitrogen and oxygen atoms in total. The van der Waals surface area contributed by atoms with Gasteiger partial charge in [0.05, 0.1) is 16.3 Å². The highest BCUT2D eigenvalue weighted by atomic mass is 32.1. The average Bonchev–Trinajstić information content (AvgIpc) is 3.34. The zero-order valence-corrected chi connectivity index (χ0v) is 19.2. The summed E-state index contributed by atoms with van der Waals surface area (Å²) in [6.07, 6.45) is 1.53. The fourth-order valence-corrected chi connectivity index (χ4v) is 4.78. The van der Waals surface area contributed by atoms with Crippen LogP contribution >= 0.6 is 11.3 Å². The molecule has 4 aromatic rings. The molecule has 0 aliphatic rings. The minimum absolute atomic E-state index is 0.0529. The molecule has 0 saturated carbocycles. The number of benzene rings is 1. The summed E-state index contributed by atoms with van der Waals surface area (Å²) in [5.74, 6) is -0.854. The van der Waals surface area contributed by atoms with Crippen molar-refractivity contribution in [2.45, 2.75) is 33.2 Å². The molecule has 3 N–H and O–H groups in total. The number of nitrogen functional groups attached to an aromatic ring is 1. The SMILES string of the molecule is CCCCn1c(N)c(N(C)C(=O)c2cc3c(C)nn(-c4ccc(F)cc4)c3s2)c(=O)[nH]c1=O. The highest BCUT2D eigenvalue weighted by Gasteiger charge is 2.25. The molecular formula is C22H23FN6O3S. The molecule has 0 saturated heterocycles. The van der Waals surface area contributed by atoms with Crippen molar-refractivity contribution in [2.75, 3.05) is 17.7 Å². The molecule has 0 unspecified atom stereocenters. The monoisotopic (exact) mass is 470 g/mol. The van der Waals surface area contributed by atoms with Gasteiger partial charge in [0.25, 0.3) is 11.5 Å². The van der Waals surface area contributed by atoms with Crippen LogP contribution in [0.25, 0.3) is 15.9 Å². The van der Waals surface area contributed by atoms with Gasteiger partial charge in [-0.3, -0.25) is 19.1 Å². The molecule has 172 valence electrons. The molecular weight excluding hydrogens is 447 g/mol. The van der Waals surface area contributed by atoms with E-state index in [1.807, 2.05) is 13.8 Å². The first-order valence-electron chi connectivity index (χ1n) is 10.4. The minimum Gasteiger partial charge on any atom is -0.383 e. The lowest BCUT2D eigenvalue weighted by Gasteiger charge is -2.19. The first-order valence-corrected chi connectivity index (χ1v) is 11.2. The van der Waals surface area contributed by atoms with Crippen molar-refractivity contribution in [1.82, 2.24) is 19.3 Å². The van der Waals surface area contributed by atoms with Crippen molar-refractivity contribution in [1.29, 1.82) is 0 Å². The first kappa shape index (κ1) is 22.5. The number of nitrogens with zero attached hydrogens (tertiary/aromatic N) is 4. The predicted molar refractivity (Wildman–Crippen MR) is 127 cm³/mol. The number of carbonyl (C=O) groups is 1. The van der Waals surface area contributed by atoms with Gasteiger partial charge in [0.15, 0.2) is 5.69 Å². The summed E-state index contributed by atoms with van der Waals surface area (Å²) in [6.45, 7) is 4.13. The van der Waals surface area contributed by atoms with E-state index < -0.39 is 17.2 Å². The Balaban J connectivity index is 1.75. The van der Waals surface area contributed by atoms with Gasteiger partial charge in [0, 0.05) is 19.0 Å². The number of unbranched alkanes of at least 4 members (excludes halogenated alkanes) is 1. The Kier molecular flexibility index (Phi) is 5.90. The summed E-state index contributed by atoms with van der Waals surface area (Å²) in [6, 6.07) is 7.60. The van der Waals surface area contributed by atoms with Gasteiger partial charge >= 0.3 is 5.69 Å². The number of amides is 1. The van der Waals surface area contributed by atoms with Crippen molar-refractivity contribution in [2.24, 2.45) is 0 Å². The lowest BCUT2D eigenvalue weighted by Crippen LogP contribution is -2.39. The molecule has 3 aromatic heterocycles. The number of aromatic amines is 1. The molecule has 1 aromatic carbocycles. The molecule has 0 fully saturated rings. The summed E-state index contributed by atoms with van der Waals surface area (Å²) in [4.78, 5) is 42.5. The number of rotatable bonds is 6. The van der Waals surface area contributed by atoms with Crippen LogP contribution in [0.3, 0.4) is 0 Å². The van der Waals surface area contributed by atoms with E-state index in [9.17, 15) is 18.8 Å². The number of hydrogen-bond donors (Lipinski definition) is 2. The molecule has 11 heteroatoms. The normalized spacial score (nSPS) is 11.3. The quantitative estimate of drug-likeness (QED) is 0.449. The number of fused-ring (bicyclic) bond motifs is 1. The van der Waals surface area contributed by atoms with E-state index in [1.54, 1.807) is 22.9 Å². The summed E-state index contributed by atoms with van der Waals surface area (Å²) in [5.41, 5.74) is 6.10. The number of nitrogens with two attached hydrogens (primary N) is 1. The van der Waals surface area contributed by atoms with Crippen LogP contribution < -0.4 is 21.9 Å². The van der Waals surface area contributed by atoms with Gasteiger partial charge in [-0.2, -0.15) is 5.10 Å². The van der Waals surface area contributed by atoms with E-state index in [2.05, 4.69) is 10.1 Å². The molecule has 33 heavy (non-hydrogen) atoms. The van der Waals surface area contributed by atoms with Crippen molar-refractivity contribution >= 4 is 39.0 Å². The topological polar surface area (TPSA) is 119 Å². The van der Waals surface area contributed by atoms with Crippen LogP contribution in [0, 0.1) is 12.7 Å². The third-order valence-corrected chi connectivity index (χ3v) is 6.51. The van der Waals surface area contributed by atoms with E-state index in [0.717, 1.165) is 16.7 Å². The number of carbonyl (C=O) groups excluding carboxylic acids is 1. The molecule has 1 amide bonds. The van der Waals surface area contributed by atoms with Crippen molar-refractivity contribution in [3.8, 4) is 5.69 Å². The predicted octanol–water partition coefficient (Wildman–Crippen LogP) is 3.04. The number of hydrogen-bond acceptors (Lipinski definition) is 6. The number of thiophene rings is 1. The van der Waals surface area contributed by atoms with Gasteiger partial charge in [-0.05, 0) is 43.7 Å². The maximum Gasteiger partial charge on any atom is 0.330 e. The Bertz CT molecular complexity index is 1460. The second-order valence-electron chi connectivity index (χ2n) is 7.67.